The van der Waals surface area contributed by atoms with Crippen molar-refractivity contribution in [1.82, 2.24) is 29.9 Å². The molecule has 0 atom stereocenters. The third kappa shape index (κ3) is 16.2. The van der Waals surface area contributed by atoms with Crippen molar-refractivity contribution in [3.05, 3.63) is 164 Å². The molecule has 0 spiro atoms. The second kappa shape index (κ2) is 26.4. The summed E-state index contributed by atoms with van der Waals surface area (Å²) in [6, 6.07) is 34.6. The number of piperidine rings is 2. The molecule has 2 saturated heterocycles. The predicted octanol–water partition coefficient (Wildman–Crippen LogP) is 8.67. The zero-order valence-electron chi connectivity index (χ0n) is 42.0. The summed E-state index contributed by atoms with van der Waals surface area (Å²) in [4.78, 5) is 26.4. The number of halogens is 3. The normalized spacial score (nSPS) is 15.2. The van der Waals surface area contributed by atoms with Gasteiger partial charge in [0, 0.05) is 59.1 Å². The van der Waals surface area contributed by atoms with Crippen LogP contribution in [0.2, 0.25) is 0 Å². The molecule has 4 aromatic carbocycles. The summed E-state index contributed by atoms with van der Waals surface area (Å²) in [5.41, 5.74) is 3.46. The standard InChI is InChI=1S/C27H30F3N3O4S2.C27H33N3O4S2/c1-37-23-7-3-5-20(17-23)26(34)32-18-24-8-9-25(38-24)39(35,36)33-14-11-22(12-15-33)31-13-10-19-4-2-6-21(16-19)27(28,29)30;1-20-6-8-21(9-7-20)12-15-28-23-13-16-30(17-14-23)36(32,33)26-11-10-25(35-26)19-29-27(31)22-4-3-5-24(18-22)34-2/h2-9,16-17,22,31H,10-15,18H2,1H3,(H,32,34);3-11,18,23,28H,12-17,19H2,1-2H3,(H,29,31). The highest BCUT2D eigenvalue weighted by molar-refractivity contribution is 7.91. The van der Waals surface area contributed by atoms with E-state index in [1.807, 2.05) is 0 Å². The number of benzene rings is 4. The number of rotatable bonds is 20. The smallest absolute Gasteiger partial charge is 0.416 e. The average Bonchev–Trinajstić information content (AvgIpc) is 4.13. The Morgan fingerprint density at radius 3 is 1.47 bits per heavy atom. The summed E-state index contributed by atoms with van der Waals surface area (Å²) in [6.45, 7) is 5.66. The fraction of sp³-hybridized carbons (Fsp3) is 0.370. The Balaban J connectivity index is 0.000000219. The minimum Gasteiger partial charge on any atom is -0.497 e. The number of alkyl halides is 3. The van der Waals surface area contributed by atoms with Gasteiger partial charge in [-0.15, -0.1) is 22.7 Å². The quantitative estimate of drug-likeness (QED) is 0.0579. The van der Waals surface area contributed by atoms with Gasteiger partial charge in [0.1, 0.15) is 19.9 Å². The predicted molar refractivity (Wildman–Crippen MR) is 287 cm³/mol. The molecule has 2 aromatic heterocycles. The molecule has 2 aliphatic rings. The number of hydrogen-bond donors (Lipinski definition) is 4. The zero-order valence-corrected chi connectivity index (χ0v) is 45.3. The fourth-order valence-corrected chi connectivity index (χ4v) is 14.4. The van der Waals surface area contributed by atoms with Crippen LogP contribution in [0.25, 0.3) is 0 Å². The average molecular weight is 1110 g/mol. The van der Waals surface area contributed by atoms with E-state index in [2.05, 4.69) is 52.5 Å². The molecule has 75 heavy (non-hydrogen) atoms. The first-order valence-electron chi connectivity index (χ1n) is 24.6. The van der Waals surface area contributed by atoms with Gasteiger partial charge in [0.15, 0.2) is 0 Å². The molecule has 0 saturated carbocycles. The van der Waals surface area contributed by atoms with Crippen LogP contribution in [0.4, 0.5) is 13.2 Å². The first-order chi connectivity index (χ1) is 35.9. The highest BCUT2D eigenvalue weighted by Gasteiger charge is 2.33. The van der Waals surface area contributed by atoms with Crippen molar-refractivity contribution >= 4 is 54.5 Å². The van der Waals surface area contributed by atoms with Crippen molar-refractivity contribution in [2.75, 3.05) is 53.5 Å². The van der Waals surface area contributed by atoms with Crippen LogP contribution >= 0.6 is 22.7 Å². The maximum Gasteiger partial charge on any atom is 0.416 e. The minimum absolute atomic E-state index is 0.0907. The Labute approximate surface area is 445 Å². The van der Waals surface area contributed by atoms with Gasteiger partial charge >= 0.3 is 6.18 Å². The van der Waals surface area contributed by atoms with E-state index in [0.717, 1.165) is 59.0 Å². The van der Waals surface area contributed by atoms with Crippen molar-refractivity contribution in [2.45, 2.75) is 85.2 Å². The van der Waals surface area contributed by atoms with Crippen LogP contribution in [-0.2, 0) is 52.2 Å². The lowest BCUT2D eigenvalue weighted by Gasteiger charge is -2.31. The molecule has 0 aliphatic carbocycles. The van der Waals surface area contributed by atoms with Crippen LogP contribution < -0.4 is 30.7 Å². The Bertz CT molecular complexity index is 3060. The monoisotopic (exact) mass is 1110 g/mol. The summed E-state index contributed by atoms with van der Waals surface area (Å²) in [6.07, 6.45) is -0.146. The van der Waals surface area contributed by atoms with Crippen molar-refractivity contribution in [2.24, 2.45) is 0 Å². The molecule has 402 valence electrons. The van der Waals surface area contributed by atoms with Gasteiger partial charge in [0.05, 0.1) is 32.9 Å². The third-order valence-corrected chi connectivity index (χ3v) is 19.9. The van der Waals surface area contributed by atoms with Gasteiger partial charge in [0.25, 0.3) is 31.9 Å². The van der Waals surface area contributed by atoms with Crippen LogP contribution in [0.1, 0.15) is 78.4 Å². The summed E-state index contributed by atoms with van der Waals surface area (Å²) >= 11 is 2.34. The number of methoxy groups -OCH3 is 2. The Morgan fingerprint density at radius 2 is 1.03 bits per heavy atom. The summed E-state index contributed by atoms with van der Waals surface area (Å²) in [5, 5.41) is 12.6. The molecular weight excluding hydrogens is 1050 g/mol. The van der Waals surface area contributed by atoms with Gasteiger partial charge in [0.2, 0.25) is 0 Å². The van der Waals surface area contributed by atoms with E-state index in [1.54, 1.807) is 90.3 Å². The van der Waals surface area contributed by atoms with Gasteiger partial charge in [-0.05, 0) is 136 Å². The number of thiophene rings is 2. The van der Waals surface area contributed by atoms with Gasteiger partial charge < -0.3 is 30.7 Å². The fourth-order valence-electron chi connectivity index (χ4n) is 8.61. The molecule has 4 heterocycles. The number of nitrogens with one attached hydrogen (secondary N) is 4. The lowest BCUT2D eigenvalue weighted by molar-refractivity contribution is -0.137. The number of carbonyl (C=O) groups is 2. The number of hydrogen-bond acceptors (Lipinski definition) is 12. The lowest BCUT2D eigenvalue weighted by Crippen LogP contribution is -2.45. The number of ether oxygens (including phenoxy) is 2. The number of sulfonamides is 2. The van der Waals surface area contributed by atoms with E-state index in [1.165, 1.54) is 39.9 Å². The summed E-state index contributed by atoms with van der Waals surface area (Å²) in [5.74, 6) is 0.664. The van der Waals surface area contributed by atoms with Gasteiger partial charge in [-0.3, -0.25) is 9.59 Å². The first kappa shape index (κ1) is 57.1. The van der Waals surface area contributed by atoms with E-state index < -0.39 is 31.8 Å². The highest BCUT2D eigenvalue weighted by atomic mass is 32.3. The second-order valence-electron chi connectivity index (χ2n) is 18.2. The second-order valence-corrected chi connectivity index (χ2v) is 24.9. The van der Waals surface area contributed by atoms with E-state index in [9.17, 15) is 39.6 Å². The molecule has 2 amide bonds. The number of nitrogens with zero attached hydrogens (tertiary/aromatic N) is 2. The Kier molecular flexibility index (Phi) is 20.1. The maximum absolute atomic E-state index is 13.2. The Morgan fingerprint density at radius 1 is 0.587 bits per heavy atom. The van der Waals surface area contributed by atoms with Crippen molar-refractivity contribution in [3.63, 3.8) is 0 Å². The lowest BCUT2D eigenvalue weighted by atomic mass is 10.1. The van der Waals surface area contributed by atoms with Crippen molar-refractivity contribution in [1.29, 1.82) is 0 Å². The molecule has 2 fully saturated rings. The van der Waals surface area contributed by atoms with Gasteiger partial charge in [-0.2, -0.15) is 21.8 Å². The third-order valence-electron chi connectivity index (χ3n) is 12.9. The van der Waals surface area contributed by atoms with E-state index in [0.29, 0.717) is 90.4 Å². The molecule has 0 radical (unpaired) electrons. The van der Waals surface area contributed by atoms with Crippen LogP contribution in [0.15, 0.2) is 130 Å². The van der Waals surface area contributed by atoms with E-state index in [-0.39, 0.29) is 35.2 Å². The molecular formula is C54H63F3N6O8S4. The zero-order chi connectivity index (χ0) is 53.6. The molecule has 0 unspecified atom stereocenters. The summed E-state index contributed by atoms with van der Waals surface area (Å²) in [7, 11) is -4.12. The Hall–Kier alpha value is -5.65. The van der Waals surface area contributed by atoms with Crippen LogP contribution in [0.5, 0.6) is 11.5 Å². The van der Waals surface area contributed by atoms with E-state index in [4.69, 9.17) is 9.47 Å². The molecule has 0 bridgehead atoms. The molecule has 21 heteroatoms. The number of carbonyl (C=O) groups excluding carboxylic acids is 2. The molecule has 14 nitrogen and oxygen atoms in total. The molecule has 6 aromatic rings. The highest BCUT2D eigenvalue weighted by Crippen LogP contribution is 2.31. The number of aryl methyl sites for hydroxylation is 1. The topological polar surface area (TPSA) is 175 Å². The van der Waals surface area contributed by atoms with Crippen LogP contribution in [-0.4, -0.2) is 103 Å². The van der Waals surface area contributed by atoms with E-state index >= 15 is 0 Å². The molecule has 2 aliphatic heterocycles. The number of amides is 2. The van der Waals surface area contributed by atoms with Crippen molar-refractivity contribution in [3.8, 4) is 11.5 Å². The largest absolute Gasteiger partial charge is 0.497 e. The van der Waals surface area contributed by atoms with Crippen LogP contribution in [0.3, 0.4) is 0 Å². The minimum atomic E-state index is -4.37. The van der Waals surface area contributed by atoms with Gasteiger partial charge in [-0.1, -0.05) is 60.2 Å². The molecule has 8 rings (SSSR count). The summed E-state index contributed by atoms with van der Waals surface area (Å²) < 4.78 is 105. The van der Waals surface area contributed by atoms with Crippen LogP contribution in [0, 0.1) is 6.92 Å². The SMILES string of the molecule is COc1cccc(C(=O)NCc2ccc(S(=O)(=O)N3CCC(NCCc4ccc(C)cc4)CC3)s2)c1.COc1cccc(C(=O)NCc2ccc(S(=O)(=O)N3CCC(NCCc4cccc(C(F)(F)F)c4)CC3)s2)c1. The van der Waals surface area contributed by atoms with Crippen molar-refractivity contribution < 1.29 is 49.1 Å². The molecule has 4 N–H and O–H groups in total. The maximum atomic E-state index is 13.2. The first-order valence-corrected chi connectivity index (χ1v) is 29.1. The van der Waals surface area contributed by atoms with Gasteiger partial charge in [-0.25, -0.2) is 16.8 Å².